The minimum Gasteiger partial charge on any atom is -0.481 e. The van der Waals surface area contributed by atoms with Gasteiger partial charge in [-0.1, -0.05) is 20.8 Å². The zero-order valence-corrected chi connectivity index (χ0v) is 10.2. The lowest BCUT2D eigenvalue weighted by Gasteiger charge is -2.15. The van der Waals surface area contributed by atoms with Crippen molar-refractivity contribution in [2.75, 3.05) is 19.8 Å². The average molecular weight is 231 g/mol. The van der Waals surface area contributed by atoms with Gasteiger partial charge >= 0.3 is 5.97 Å². The molecule has 94 valence electrons. The summed E-state index contributed by atoms with van der Waals surface area (Å²) in [5.41, 5.74) is 0. The number of carboxylic acid groups (broad SMARTS) is 1. The molecule has 0 radical (unpaired) electrons. The number of hydrogen-bond donors (Lipinski definition) is 2. The van der Waals surface area contributed by atoms with Crippen molar-refractivity contribution in [1.29, 1.82) is 0 Å². The summed E-state index contributed by atoms with van der Waals surface area (Å²) in [5, 5.41) is 11.4. The first kappa shape index (κ1) is 14.9. The van der Waals surface area contributed by atoms with Crippen molar-refractivity contribution in [3.05, 3.63) is 0 Å². The summed E-state index contributed by atoms with van der Waals surface area (Å²) in [6.07, 6.45) is 0.945. The van der Waals surface area contributed by atoms with Crippen LogP contribution in [0.2, 0.25) is 0 Å². The third-order valence-corrected chi connectivity index (χ3v) is 2.45. The van der Waals surface area contributed by atoms with E-state index in [4.69, 9.17) is 9.84 Å². The van der Waals surface area contributed by atoms with Crippen molar-refractivity contribution in [1.82, 2.24) is 5.32 Å². The first-order valence-corrected chi connectivity index (χ1v) is 5.59. The molecular weight excluding hydrogens is 210 g/mol. The monoisotopic (exact) mass is 231 g/mol. The Bertz CT molecular complexity index is 230. The molecule has 0 saturated heterocycles. The zero-order chi connectivity index (χ0) is 12.6. The third kappa shape index (κ3) is 5.70. The molecule has 0 aromatic rings. The Morgan fingerprint density at radius 1 is 1.25 bits per heavy atom. The van der Waals surface area contributed by atoms with E-state index in [0.29, 0.717) is 19.8 Å². The van der Waals surface area contributed by atoms with Crippen LogP contribution in [0, 0.1) is 11.8 Å². The van der Waals surface area contributed by atoms with Crippen molar-refractivity contribution in [2.24, 2.45) is 11.8 Å². The second kappa shape index (κ2) is 8.10. The standard InChI is InChI=1S/C11H21NO4/c1-4-6-16-7-5-12-10(13)8(2)9(3)11(14)15/h8-9H,4-7H2,1-3H3,(H,12,13)(H,14,15). The predicted octanol–water partition coefficient (Wildman–Crippen LogP) is 0.886. The summed E-state index contributed by atoms with van der Waals surface area (Å²) < 4.78 is 5.19. The Morgan fingerprint density at radius 2 is 1.88 bits per heavy atom. The highest BCUT2D eigenvalue weighted by molar-refractivity contribution is 5.84. The molecule has 0 aromatic carbocycles. The second-order valence-electron chi connectivity index (χ2n) is 3.82. The molecular formula is C11H21NO4. The maximum Gasteiger partial charge on any atom is 0.307 e. The van der Waals surface area contributed by atoms with Gasteiger partial charge in [-0.2, -0.15) is 0 Å². The van der Waals surface area contributed by atoms with Gasteiger partial charge in [0.25, 0.3) is 0 Å². The van der Waals surface area contributed by atoms with Crippen LogP contribution < -0.4 is 5.32 Å². The van der Waals surface area contributed by atoms with E-state index in [2.05, 4.69) is 5.32 Å². The summed E-state index contributed by atoms with van der Waals surface area (Å²) in [4.78, 5) is 22.1. The van der Waals surface area contributed by atoms with Gasteiger partial charge in [-0.3, -0.25) is 9.59 Å². The van der Waals surface area contributed by atoms with Crippen molar-refractivity contribution in [3.8, 4) is 0 Å². The Labute approximate surface area is 96.2 Å². The Hall–Kier alpha value is -1.10. The molecule has 2 atom stereocenters. The normalized spacial score (nSPS) is 14.2. The molecule has 5 nitrogen and oxygen atoms in total. The van der Waals surface area contributed by atoms with E-state index >= 15 is 0 Å². The number of carbonyl (C=O) groups is 2. The van der Waals surface area contributed by atoms with Crippen LogP contribution in [0.4, 0.5) is 0 Å². The highest BCUT2D eigenvalue weighted by Gasteiger charge is 2.25. The van der Waals surface area contributed by atoms with Gasteiger partial charge in [0, 0.05) is 19.1 Å². The van der Waals surface area contributed by atoms with Gasteiger partial charge in [-0.05, 0) is 6.42 Å². The second-order valence-corrected chi connectivity index (χ2v) is 3.82. The van der Waals surface area contributed by atoms with Crippen LogP contribution in [0.5, 0.6) is 0 Å². The van der Waals surface area contributed by atoms with Crippen LogP contribution in [0.15, 0.2) is 0 Å². The van der Waals surface area contributed by atoms with Crippen LogP contribution in [0.1, 0.15) is 27.2 Å². The lowest BCUT2D eigenvalue weighted by atomic mass is 9.95. The summed E-state index contributed by atoms with van der Waals surface area (Å²) in [6.45, 7) is 6.72. The lowest BCUT2D eigenvalue weighted by Crippen LogP contribution is -2.36. The van der Waals surface area contributed by atoms with E-state index in [1.165, 1.54) is 6.92 Å². The summed E-state index contributed by atoms with van der Waals surface area (Å²) in [5.74, 6) is -2.39. The van der Waals surface area contributed by atoms with Crippen LogP contribution >= 0.6 is 0 Å². The highest BCUT2D eigenvalue weighted by Crippen LogP contribution is 2.10. The Kier molecular flexibility index (Phi) is 7.54. The zero-order valence-electron chi connectivity index (χ0n) is 10.2. The fourth-order valence-electron chi connectivity index (χ4n) is 1.09. The number of nitrogens with one attached hydrogen (secondary N) is 1. The lowest BCUT2D eigenvalue weighted by molar-refractivity contribution is -0.146. The molecule has 0 aromatic heterocycles. The number of amides is 1. The van der Waals surface area contributed by atoms with Crippen molar-refractivity contribution in [3.63, 3.8) is 0 Å². The minimum absolute atomic E-state index is 0.241. The molecule has 2 unspecified atom stereocenters. The van der Waals surface area contributed by atoms with E-state index in [-0.39, 0.29) is 5.91 Å². The van der Waals surface area contributed by atoms with E-state index in [1.807, 2.05) is 6.92 Å². The van der Waals surface area contributed by atoms with Crippen LogP contribution in [-0.2, 0) is 14.3 Å². The van der Waals surface area contributed by atoms with Crippen molar-refractivity contribution >= 4 is 11.9 Å². The molecule has 0 aliphatic carbocycles. The molecule has 0 spiro atoms. The summed E-state index contributed by atoms with van der Waals surface area (Å²) in [7, 11) is 0. The molecule has 0 bridgehead atoms. The highest BCUT2D eigenvalue weighted by atomic mass is 16.5. The molecule has 0 fully saturated rings. The molecule has 0 aliphatic heterocycles. The van der Waals surface area contributed by atoms with Crippen molar-refractivity contribution in [2.45, 2.75) is 27.2 Å². The number of carbonyl (C=O) groups excluding carboxylic acids is 1. The smallest absolute Gasteiger partial charge is 0.307 e. The van der Waals surface area contributed by atoms with E-state index in [0.717, 1.165) is 6.42 Å². The molecule has 0 rings (SSSR count). The van der Waals surface area contributed by atoms with E-state index in [9.17, 15) is 9.59 Å². The first-order valence-electron chi connectivity index (χ1n) is 5.59. The quantitative estimate of drug-likeness (QED) is 0.608. The van der Waals surface area contributed by atoms with E-state index in [1.54, 1.807) is 6.92 Å². The average Bonchev–Trinajstić information content (AvgIpc) is 2.26. The molecule has 16 heavy (non-hydrogen) atoms. The number of carboxylic acids is 1. The maximum atomic E-state index is 11.5. The summed E-state index contributed by atoms with van der Waals surface area (Å²) >= 11 is 0. The Morgan fingerprint density at radius 3 is 2.38 bits per heavy atom. The van der Waals surface area contributed by atoms with Crippen LogP contribution in [0.25, 0.3) is 0 Å². The summed E-state index contributed by atoms with van der Waals surface area (Å²) in [6, 6.07) is 0. The Balaban J connectivity index is 3.75. The number of hydrogen-bond acceptors (Lipinski definition) is 3. The van der Waals surface area contributed by atoms with Gasteiger partial charge in [0.15, 0.2) is 0 Å². The number of aliphatic carboxylic acids is 1. The predicted molar refractivity (Wildman–Crippen MR) is 60.1 cm³/mol. The molecule has 0 saturated carbocycles. The van der Waals surface area contributed by atoms with Crippen molar-refractivity contribution < 1.29 is 19.4 Å². The largest absolute Gasteiger partial charge is 0.481 e. The van der Waals surface area contributed by atoms with Gasteiger partial charge in [0.05, 0.1) is 12.5 Å². The van der Waals surface area contributed by atoms with Gasteiger partial charge in [0.2, 0.25) is 5.91 Å². The number of ether oxygens (including phenoxy) is 1. The fourth-order valence-corrected chi connectivity index (χ4v) is 1.09. The first-order chi connectivity index (χ1) is 7.50. The SMILES string of the molecule is CCCOCCNC(=O)C(C)C(C)C(=O)O. The molecule has 0 aliphatic rings. The molecule has 2 N–H and O–H groups in total. The molecule has 5 heteroatoms. The van der Waals surface area contributed by atoms with Gasteiger partial charge < -0.3 is 15.2 Å². The number of rotatable bonds is 8. The molecule has 0 heterocycles. The van der Waals surface area contributed by atoms with Gasteiger partial charge in [-0.15, -0.1) is 0 Å². The minimum atomic E-state index is -0.954. The van der Waals surface area contributed by atoms with E-state index < -0.39 is 17.8 Å². The molecule has 1 amide bonds. The topological polar surface area (TPSA) is 75.6 Å². The van der Waals surface area contributed by atoms with Gasteiger partial charge in [0.1, 0.15) is 0 Å². The van der Waals surface area contributed by atoms with Crippen LogP contribution in [-0.4, -0.2) is 36.7 Å². The maximum absolute atomic E-state index is 11.5. The third-order valence-electron chi connectivity index (χ3n) is 2.45. The van der Waals surface area contributed by atoms with Crippen LogP contribution in [0.3, 0.4) is 0 Å². The van der Waals surface area contributed by atoms with Gasteiger partial charge in [-0.25, -0.2) is 0 Å². The fraction of sp³-hybridized carbons (Fsp3) is 0.818.